The van der Waals surface area contributed by atoms with E-state index in [2.05, 4.69) is 9.97 Å². The van der Waals surface area contributed by atoms with E-state index in [1.807, 2.05) is 70.4 Å². The van der Waals surface area contributed by atoms with Crippen LogP contribution in [0.1, 0.15) is 93.9 Å². The molecule has 1 amide bonds. The maximum absolute atomic E-state index is 14.9. The normalized spacial score (nSPS) is 35.4. The number of aromatic nitrogens is 3. The van der Waals surface area contributed by atoms with Crippen LogP contribution < -0.4 is 4.74 Å². The number of rotatable bonds is 13. The Bertz CT molecular complexity index is 1820. The van der Waals surface area contributed by atoms with Gasteiger partial charge in [-0.3, -0.25) is 14.4 Å². The van der Waals surface area contributed by atoms with E-state index in [1.54, 1.807) is 44.4 Å². The van der Waals surface area contributed by atoms with E-state index in [0.29, 0.717) is 38.2 Å². The quantitative estimate of drug-likeness (QED) is 0.155. The SMILES string of the molecule is CC[C@@H]1OC(=O)[C@H](C)C(=O)[C@H](C)[C@@H](OC2O[C@H](C)C[C@H](N(C)C)[C@H]2O)[C@@](C)(OC)C[C@@H](C)C(=O)[C@@H](C)[C@@H]2N(CCCCn3cnc(-c4ccc(OC)nc4)c3)C(=O)O[C@]12CC. The van der Waals surface area contributed by atoms with Gasteiger partial charge in [-0.1, -0.05) is 34.6 Å². The maximum Gasteiger partial charge on any atom is 0.410 e. The molecule has 61 heavy (non-hydrogen) atoms. The highest BCUT2D eigenvalue weighted by molar-refractivity contribution is 6.00. The van der Waals surface area contributed by atoms with Gasteiger partial charge in [-0.2, -0.15) is 0 Å². The number of imidazole rings is 1. The number of methoxy groups -OCH3 is 2. The summed E-state index contributed by atoms with van der Waals surface area (Å²) in [5, 5.41) is 11.5. The van der Waals surface area contributed by atoms with Gasteiger partial charge in [-0.25, -0.2) is 14.8 Å². The van der Waals surface area contributed by atoms with E-state index in [0.717, 1.165) is 11.3 Å². The molecule has 16 heteroatoms. The Labute approximate surface area is 360 Å². The first kappa shape index (κ1) is 48.1. The molecule has 1 N–H and O–H groups in total. The van der Waals surface area contributed by atoms with E-state index >= 15 is 0 Å². The summed E-state index contributed by atoms with van der Waals surface area (Å²) in [6.07, 6.45) is 2.88. The Morgan fingerprint density at radius 2 is 1.67 bits per heavy atom. The predicted molar refractivity (Wildman–Crippen MR) is 225 cm³/mol. The molecule has 0 spiro atoms. The molecule has 0 bridgehead atoms. The molecule has 340 valence electrons. The molecule has 0 saturated carbocycles. The van der Waals surface area contributed by atoms with Crippen LogP contribution in [0.4, 0.5) is 4.79 Å². The van der Waals surface area contributed by atoms with Crippen molar-refractivity contribution in [1.29, 1.82) is 0 Å². The molecule has 5 rings (SSSR count). The number of aryl methyl sites for hydroxylation is 1. The molecule has 0 aliphatic carbocycles. The Morgan fingerprint density at radius 1 is 0.967 bits per heavy atom. The first-order valence-electron chi connectivity index (χ1n) is 21.9. The molecule has 2 aromatic rings. The largest absolute Gasteiger partial charge is 0.481 e. The molecule has 16 nitrogen and oxygen atoms in total. The minimum atomic E-state index is -1.37. The zero-order valence-corrected chi connectivity index (χ0v) is 38.2. The van der Waals surface area contributed by atoms with Gasteiger partial charge in [0.05, 0.1) is 43.0 Å². The van der Waals surface area contributed by atoms with Crippen molar-refractivity contribution >= 4 is 23.6 Å². The minimum Gasteiger partial charge on any atom is -0.481 e. The molecule has 2 aromatic heterocycles. The zero-order valence-electron chi connectivity index (χ0n) is 38.2. The third kappa shape index (κ3) is 9.98. The van der Waals surface area contributed by atoms with E-state index < -0.39 is 83.4 Å². The fourth-order valence-corrected chi connectivity index (χ4v) is 9.86. The van der Waals surface area contributed by atoms with E-state index in [9.17, 15) is 24.3 Å². The third-order valence-electron chi connectivity index (χ3n) is 13.4. The summed E-state index contributed by atoms with van der Waals surface area (Å²) in [7, 11) is 6.81. The zero-order chi connectivity index (χ0) is 45.0. The number of ether oxygens (including phenoxy) is 6. The van der Waals surface area contributed by atoms with Crippen LogP contribution in [0.25, 0.3) is 11.3 Å². The van der Waals surface area contributed by atoms with Crippen molar-refractivity contribution in [2.45, 2.75) is 154 Å². The second kappa shape index (κ2) is 20.0. The van der Waals surface area contributed by atoms with Crippen LogP contribution >= 0.6 is 0 Å². The molecule has 1 unspecified atom stereocenters. The highest BCUT2D eigenvalue weighted by Gasteiger charge is 2.62. The average Bonchev–Trinajstić information content (AvgIpc) is 3.84. The van der Waals surface area contributed by atoms with Crippen molar-refractivity contribution in [3.05, 3.63) is 30.9 Å². The highest BCUT2D eigenvalue weighted by Crippen LogP contribution is 2.45. The number of aliphatic hydroxyl groups excluding tert-OH is 1. The van der Waals surface area contributed by atoms with Crippen LogP contribution in [0.3, 0.4) is 0 Å². The number of amides is 1. The van der Waals surface area contributed by atoms with Crippen molar-refractivity contribution < 1.29 is 52.7 Å². The molecule has 3 fully saturated rings. The lowest BCUT2D eigenvalue weighted by Gasteiger charge is -2.47. The number of nitrogens with zero attached hydrogens (tertiary/aromatic N) is 5. The van der Waals surface area contributed by atoms with Crippen molar-refractivity contribution in [2.75, 3.05) is 34.9 Å². The lowest BCUT2D eigenvalue weighted by molar-refractivity contribution is -0.295. The number of unbranched alkanes of at least 4 members (excludes halogenated alkanes) is 1. The molecule has 3 saturated heterocycles. The van der Waals surface area contributed by atoms with E-state index in [-0.39, 0.29) is 37.2 Å². The van der Waals surface area contributed by atoms with Crippen molar-refractivity contribution in [1.82, 2.24) is 24.3 Å². The van der Waals surface area contributed by atoms with Crippen LogP contribution in [0.15, 0.2) is 30.9 Å². The average molecular weight is 856 g/mol. The minimum absolute atomic E-state index is 0.126. The number of pyridine rings is 1. The number of aliphatic hydroxyl groups is 1. The van der Waals surface area contributed by atoms with Gasteiger partial charge in [-0.05, 0) is 79.5 Å². The van der Waals surface area contributed by atoms with Crippen LogP contribution in [0.5, 0.6) is 5.88 Å². The van der Waals surface area contributed by atoms with Gasteiger partial charge < -0.3 is 47.9 Å². The van der Waals surface area contributed by atoms with Gasteiger partial charge in [0.2, 0.25) is 5.88 Å². The number of ketones is 2. The molecular weight excluding hydrogens is 787 g/mol. The number of carbonyl (C=O) groups is 4. The van der Waals surface area contributed by atoms with E-state index in [1.165, 1.54) is 14.0 Å². The molecule has 3 aliphatic heterocycles. The third-order valence-corrected chi connectivity index (χ3v) is 13.4. The second-order valence-corrected chi connectivity index (χ2v) is 17.8. The Kier molecular flexibility index (Phi) is 15.8. The molecular formula is C45H69N5O11. The fourth-order valence-electron chi connectivity index (χ4n) is 9.86. The number of Topliss-reactive ketones (excluding diaryl/α,β-unsaturated/α-hetero) is 2. The standard InChI is InChI=1S/C45H69N5O11/c1-13-34-45(14-2)39(50(43(55)61-45)20-16-15-19-49-24-32(47-25-49)31-17-18-35(56-11)46-23-31)28(5)36(51)26(3)22-44(8,57-12)40(29(6)37(52)30(7)41(54)59-34)60-42-38(53)33(48(9)10)21-27(4)58-42/h17-18,23-30,33-34,38-40,42,53H,13-16,19-22H2,1-12H3/t26-,27-,28-,29+,30-,33+,34+,38-,39+,40-,42?,44+,45-/m1/s1. The predicted octanol–water partition coefficient (Wildman–Crippen LogP) is 5.33. The van der Waals surface area contributed by atoms with Crippen LogP contribution in [-0.2, 0) is 44.6 Å². The highest BCUT2D eigenvalue weighted by atomic mass is 16.7. The Balaban J connectivity index is 1.44. The first-order valence-corrected chi connectivity index (χ1v) is 21.9. The summed E-state index contributed by atoms with van der Waals surface area (Å²) in [5.41, 5.74) is -1.02. The maximum atomic E-state index is 14.9. The molecule has 0 aromatic carbocycles. The topological polar surface area (TPSA) is 181 Å². The van der Waals surface area contributed by atoms with Gasteiger partial charge in [0.25, 0.3) is 0 Å². The fraction of sp³-hybridized carbons (Fsp3) is 0.733. The van der Waals surface area contributed by atoms with E-state index in [4.69, 9.17) is 28.4 Å². The lowest BCUT2D eigenvalue weighted by Crippen LogP contribution is -2.61. The van der Waals surface area contributed by atoms with Gasteiger partial charge in [0, 0.05) is 68.0 Å². The van der Waals surface area contributed by atoms with Crippen molar-refractivity contribution in [2.24, 2.45) is 23.7 Å². The van der Waals surface area contributed by atoms with Gasteiger partial charge in [-0.15, -0.1) is 0 Å². The molecule has 5 heterocycles. The smallest absolute Gasteiger partial charge is 0.410 e. The van der Waals surface area contributed by atoms with Gasteiger partial charge in [0.15, 0.2) is 17.7 Å². The van der Waals surface area contributed by atoms with Crippen LogP contribution in [0.2, 0.25) is 0 Å². The van der Waals surface area contributed by atoms with Crippen LogP contribution in [0, 0.1) is 23.7 Å². The van der Waals surface area contributed by atoms with Crippen molar-refractivity contribution in [3.8, 4) is 17.1 Å². The number of cyclic esters (lactones) is 1. The Morgan fingerprint density at radius 3 is 2.28 bits per heavy atom. The number of carbonyl (C=O) groups excluding carboxylic acids is 4. The summed E-state index contributed by atoms with van der Waals surface area (Å²) in [6, 6.07) is 2.61. The molecule has 3 aliphatic rings. The van der Waals surface area contributed by atoms with Crippen molar-refractivity contribution in [3.63, 3.8) is 0 Å². The summed E-state index contributed by atoms with van der Waals surface area (Å²) in [4.78, 5) is 69.8. The summed E-state index contributed by atoms with van der Waals surface area (Å²) in [5.74, 6) is -4.45. The molecule has 13 atom stereocenters. The second-order valence-electron chi connectivity index (χ2n) is 17.8. The first-order chi connectivity index (χ1) is 28.9. The van der Waals surface area contributed by atoms with Gasteiger partial charge >= 0.3 is 12.1 Å². The summed E-state index contributed by atoms with van der Waals surface area (Å²) >= 11 is 0. The van der Waals surface area contributed by atoms with Gasteiger partial charge in [0.1, 0.15) is 23.9 Å². The molecule has 0 radical (unpaired) electrons. The summed E-state index contributed by atoms with van der Waals surface area (Å²) in [6.45, 7) is 15.1. The number of esters is 1. The number of fused-ring (bicyclic) bond motifs is 1. The number of hydrogen-bond donors (Lipinski definition) is 1. The monoisotopic (exact) mass is 855 g/mol. The number of likely N-dealkylation sites (N-methyl/N-ethyl adjacent to an activating group) is 1. The van der Waals surface area contributed by atoms with Crippen LogP contribution in [-0.4, -0.2) is 142 Å². The summed E-state index contributed by atoms with van der Waals surface area (Å²) < 4.78 is 38.7. The number of hydrogen-bond acceptors (Lipinski definition) is 14. The lowest BCUT2D eigenvalue weighted by atomic mass is 9.72. The Hall–Kier alpha value is -3.96.